The fraction of sp³-hybridized carbons (Fsp3) is 0.640. The first-order chi connectivity index (χ1) is 15.8. The Morgan fingerprint density at radius 3 is 2.61 bits per heavy atom. The number of hydrogen-bond acceptors (Lipinski definition) is 5. The third kappa shape index (κ3) is 3.85. The van der Waals surface area contributed by atoms with Crippen LogP contribution in [0.4, 0.5) is 0 Å². The topological polar surface area (TPSA) is 98.7 Å². The van der Waals surface area contributed by atoms with Gasteiger partial charge >= 0.3 is 0 Å². The molecule has 2 bridgehead atoms. The van der Waals surface area contributed by atoms with Crippen LogP contribution >= 0.6 is 11.8 Å². The molecule has 33 heavy (non-hydrogen) atoms. The van der Waals surface area contributed by atoms with Gasteiger partial charge in [-0.15, -0.1) is 11.8 Å². The summed E-state index contributed by atoms with van der Waals surface area (Å²) in [6.45, 7) is 4.44. The molecule has 7 nitrogen and oxygen atoms in total. The minimum absolute atomic E-state index is 0.138. The van der Waals surface area contributed by atoms with Gasteiger partial charge < -0.3 is 20.6 Å². The summed E-state index contributed by atoms with van der Waals surface area (Å²) in [5.74, 6) is -1.53. The standard InChI is InChI=1S/C25H35N3O4S/c1-4-5-13-27-22(31)20-25-12-11-24(2,33-25)18(21(30)26-3)19(25)23(32)28(20)17(15-29)14-16-9-7-6-8-10-16/h6-10,17-20,29H,4-5,11-15H2,1-3H3,(H,26,30)(H,27,31)/t17-,18-,19+,20?,24+,25?/m1/s1. The molecule has 6 atom stereocenters. The molecule has 3 aliphatic heterocycles. The van der Waals surface area contributed by atoms with Crippen LogP contribution in [-0.2, 0) is 20.8 Å². The van der Waals surface area contributed by atoms with Gasteiger partial charge in [-0.1, -0.05) is 43.7 Å². The summed E-state index contributed by atoms with van der Waals surface area (Å²) in [7, 11) is 1.60. The lowest BCUT2D eigenvalue weighted by Gasteiger charge is -2.37. The van der Waals surface area contributed by atoms with E-state index in [9.17, 15) is 19.5 Å². The van der Waals surface area contributed by atoms with Crippen LogP contribution in [0, 0.1) is 11.8 Å². The van der Waals surface area contributed by atoms with Crippen LogP contribution in [-0.4, -0.2) is 69.5 Å². The molecule has 0 aromatic heterocycles. The Morgan fingerprint density at radius 1 is 1.24 bits per heavy atom. The monoisotopic (exact) mass is 473 g/mol. The van der Waals surface area contributed by atoms with Gasteiger partial charge in [0.15, 0.2) is 0 Å². The number of benzene rings is 1. The van der Waals surface area contributed by atoms with Crippen LogP contribution in [0.3, 0.4) is 0 Å². The van der Waals surface area contributed by atoms with Gasteiger partial charge in [-0.05, 0) is 38.2 Å². The molecule has 3 fully saturated rings. The molecule has 1 aromatic carbocycles. The van der Waals surface area contributed by atoms with E-state index in [-0.39, 0.29) is 29.1 Å². The molecule has 0 radical (unpaired) electrons. The van der Waals surface area contributed by atoms with Crippen LogP contribution < -0.4 is 10.6 Å². The van der Waals surface area contributed by atoms with Crippen molar-refractivity contribution in [3.8, 4) is 0 Å². The molecular formula is C25H35N3O4S. The molecule has 3 amide bonds. The predicted octanol–water partition coefficient (Wildman–Crippen LogP) is 1.73. The number of rotatable bonds is 9. The van der Waals surface area contributed by atoms with Crippen molar-refractivity contribution in [3.63, 3.8) is 0 Å². The smallest absolute Gasteiger partial charge is 0.244 e. The molecule has 2 unspecified atom stereocenters. The number of carbonyl (C=O) groups excluding carboxylic acids is 3. The fourth-order valence-corrected chi connectivity index (χ4v) is 8.58. The first-order valence-corrected chi connectivity index (χ1v) is 12.8. The zero-order valence-corrected chi connectivity index (χ0v) is 20.5. The molecule has 3 saturated heterocycles. The van der Waals surface area contributed by atoms with Crippen LogP contribution in [0.25, 0.3) is 0 Å². The second kappa shape index (κ2) is 9.29. The van der Waals surface area contributed by atoms with E-state index in [0.717, 1.165) is 24.8 Å². The van der Waals surface area contributed by atoms with Gasteiger partial charge in [0.25, 0.3) is 0 Å². The van der Waals surface area contributed by atoms with Gasteiger partial charge in [0, 0.05) is 18.3 Å². The summed E-state index contributed by atoms with van der Waals surface area (Å²) >= 11 is 1.66. The minimum atomic E-state index is -0.700. The van der Waals surface area contributed by atoms with Gasteiger partial charge in [0.05, 0.1) is 29.2 Å². The van der Waals surface area contributed by atoms with Crippen LogP contribution in [0.2, 0.25) is 0 Å². The number of likely N-dealkylation sites (tertiary alicyclic amines) is 1. The van der Waals surface area contributed by atoms with Crippen molar-refractivity contribution in [2.75, 3.05) is 20.2 Å². The summed E-state index contributed by atoms with van der Waals surface area (Å²) in [5.41, 5.74) is 0.996. The Bertz CT molecular complexity index is 912. The first-order valence-electron chi connectivity index (χ1n) is 12.0. The van der Waals surface area contributed by atoms with Gasteiger partial charge in [-0.3, -0.25) is 14.4 Å². The highest BCUT2D eigenvalue weighted by molar-refractivity contribution is 8.02. The van der Waals surface area contributed by atoms with Gasteiger partial charge in [0.1, 0.15) is 6.04 Å². The number of unbranched alkanes of at least 4 members (excludes halogenated alkanes) is 1. The summed E-state index contributed by atoms with van der Waals surface area (Å²) < 4.78 is -1.02. The number of amides is 3. The van der Waals surface area contributed by atoms with Crippen molar-refractivity contribution in [2.45, 2.75) is 67.5 Å². The highest BCUT2D eigenvalue weighted by atomic mass is 32.2. The molecule has 1 spiro atoms. The maximum absolute atomic E-state index is 14.0. The molecule has 0 saturated carbocycles. The van der Waals surface area contributed by atoms with E-state index in [2.05, 4.69) is 24.5 Å². The minimum Gasteiger partial charge on any atom is -0.394 e. The third-order valence-electron chi connectivity index (χ3n) is 7.74. The number of nitrogens with zero attached hydrogens (tertiary/aromatic N) is 1. The molecule has 1 aromatic rings. The summed E-state index contributed by atoms with van der Waals surface area (Å²) in [5, 5.41) is 16.2. The normalized spacial score (nSPS) is 33.2. The molecule has 3 aliphatic rings. The van der Waals surface area contributed by atoms with Crippen molar-refractivity contribution in [1.29, 1.82) is 0 Å². The highest BCUT2D eigenvalue weighted by Gasteiger charge is 2.77. The number of thioether (sulfide) groups is 1. The van der Waals surface area contributed by atoms with E-state index in [1.54, 1.807) is 23.7 Å². The molecule has 8 heteroatoms. The third-order valence-corrected chi connectivity index (χ3v) is 9.73. The zero-order chi connectivity index (χ0) is 23.8. The fourth-order valence-electron chi connectivity index (χ4n) is 6.24. The van der Waals surface area contributed by atoms with Gasteiger partial charge in [0.2, 0.25) is 17.7 Å². The number of carbonyl (C=O) groups is 3. The molecular weight excluding hydrogens is 438 g/mol. The Balaban J connectivity index is 1.74. The van der Waals surface area contributed by atoms with E-state index in [0.29, 0.717) is 19.4 Å². The maximum atomic E-state index is 14.0. The summed E-state index contributed by atoms with van der Waals surface area (Å²) in [6.07, 6.45) is 3.78. The van der Waals surface area contributed by atoms with E-state index in [4.69, 9.17) is 0 Å². The average Bonchev–Trinajstić information content (AvgIpc) is 3.38. The lowest BCUT2D eigenvalue weighted by Crippen LogP contribution is -2.57. The van der Waals surface area contributed by atoms with E-state index >= 15 is 0 Å². The number of hydrogen-bond donors (Lipinski definition) is 3. The SMILES string of the molecule is CCCCNC(=O)C1N([C@@H](CO)Cc2ccccc2)C(=O)[C@@H]2[C@H](C(=O)NC)[C@]3(C)CCC12S3. The zero-order valence-electron chi connectivity index (χ0n) is 19.7. The van der Waals surface area contributed by atoms with Crippen LogP contribution in [0.1, 0.15) is 45.1 Å². The second-order valence-electron chi connectivity index (χ2n) is 9.76. The Labute approximate surface area is 200 Å². The van der Waals surface area contributed by atoms with Gasteiger partial charge in [-0.25, -0.2) is 0 Å². The quantitative estimate of drug-likeness (QED) is 0.475. The van der Waals surface area contributed by atoms with Crippen molar-refractivity contribution in [1.82, 2.24) is 15.5 Å². The largest absolute Gasteiger partial charge is 0.394 e. The summed E-state index contributed by atoms with van der Waals surface area (Å²) in [6, 6.07) is 8.49. The van der Waals surface area contributed by atoms with Crippen molar-refractivity contribution < 1.29 is 19.5 Å². The number of aliphatic hydroxyl groups is 1. The van der Waals surface area contributed by atoms with Crippen molar-refractivity contribution in [2.24, 2.45) is 11.8 Å². The molecule has 180 valence electrons. The highest BCUT2D eigenvalue weighted by Crippen LogP contribution is 2.71. The number of nitrogens with one attached hydrogen (secondary N) is 2. The second-order valence-corrected chi connectivity index (χ2v) is 11.7. The molecule has 0 aliphatic carbocycles. The molecule has 3 heterocycles. The van der Waals surface area contributed by atoms with E-state index in [1.165, 1.54) is 0 Å². The van der Waals surface area contributed by atoms with Crippen molar-refractivity contribution in [3.05, 3.63) is 35.9 Å². The van der Waals surface area contributed by atoms with Crippen molar-refractivity contribution >= 4 is 29.5 Å². The van der Waals surface area contributed by atoms with E-state index < -0.39 is 28.7 Å². The number of fused-ring (bicyclic) bond motifs is 1. The predicted molar refractivity (Wildman–Crippen MR) is 129 cm³/mol. The van der Waals surface area contributed by atoms with E-state index in [1.807, 2.05) is 30.3 Å². The number of aliphatic hydroxyl groups excluding tert-OH is 1. The van der Waals surface area contributed by atoms with Gasteiger partial charge in [-0.2, -0.15) is 0 Å². The Kier molecular flexibility index (Phi) is 6.78. The maximum Gasteiger partial charge on any atom is 0.244 e. The van der Waals surface area contributed by atoms with Crippen LogP contribution in [0.15, 0.2) is 30.3 Å². The first kappa shape index (κ1) is 24.1. The molecule has 4 rings (SSSR count). The molecule has 3 N–H and O–H groups in total. The summed E-state index contributed by atoms with van der Waals surface area (Å²) in [4.78, 5) is 42.3. The lowest BCUT2D eigenvalue weighted by molar-refractivity contribution is -0.143. The average molecular weight is 474 g/mol. The Hall–Kier alpha value is -2.06. The Morgan fingerprint density at radius 2 is 1.97 bits per heavy atom. The lowest BCUT2D eigenvalue weighted by atomic mass is 9.66. The van der Waals surface area contributed by atoms with Crippen LogP contribution in [0.5, 0.6) is 0 Å².